The average Bonchev–Trinajstić information content (AvgIpc) is 3.15. The Balaban J connectivity index is 1.37. The monoisotopic (exact) mass is 690 g/mol. The van der Waals surface area contributed by atoms with Gasteiger partial charge in [0.15, 0.2) is 0 Å². The van der Waals surface area contributed by atoms with Crippen molar-refractivity contribution in [2.75, 3.05) is 9.80 Å². The van der Waals surface area contributed by atoms with Gasteiger partial charge in [0.05, 0.1) is 11.4 Å². The number of aryl methyl sites for hydroxylation is 2. The van der Waals surface area contributed by atoms with Gasteiger partial charge in [0.2, 0.25) is 0 Å². The van der Waals surface area contributed by atoms with Gasteiger partial charge in [0.25, 0.3) is 0 Å². The van der Waals surface area contributed by atoms with Crippen molar-refractivity contribution in [1.29, 1.82) is 0 Å². The molecule has 0 aliphatic rings. The first-order valence-electron chi connectivity index (χ1n) is 19.3. The zero-order chi connectivity index (χ0) is 37.0. The Labute approximate surface area is 315 Å². The number of hydrogen-bond acceptors (Lipinski definition) is 2. The third kappa shape index (κ3) is 6.31. The maximum Gasteiger partial charge on any atom is 0.0540 e. The van der Waals surface area contributed by atoms with E-state index in [1.165, 1.54) is 77.2 Å². The van der Waals surface area contributed by atoms with E-state index < -0.39 is 0 Å². The molecular formula is C51H50N2. The second kappa shape index (κ2) is 13.7. The summed E-state index contributed by atoms with van der Waals surface area (Å²) in [7, 11) is 0. The summed E-state index contributed by atoms with van der Waals surface area (Å²) < 4.78 is 0. The zero-order valence-electron chi connectivity index (χ0n) is 32.4. The average molecular weight is 691 g/mol. The topological polar surface area (TPSA) is 6.48 Å². The molecule has 0 aliphatic heterocycles. The van der Waals surface area contributed by atoms with Crippen LogP contribution in [0.25, 0.3) is 32.3 Å². The van der Waals surface area contributed by atoms with Crippen molar-refractivity contribution in [2.45, 2.75) is 73.1 Å². The summed E-state index contributed by atoms with van der Waals surface area (Å²) in [6, 6.07) is 52.9. The molecule has 2 nitrogen and oxygen atoms in total. The predicted molar refractivity (Wildman–Crippen MR) is 231 cm³/mol. The number of rotatable bonds is 9. The molecular weight excluding hydrogens is 641 g/mol. The second-order valence-corrected chi connectivity index (χ2v) is 15.8. The largest absolute Gasteiger partial charge is 0.310 e. The van der Waals surface area contributed by atoms with E-state index >= 15 is 0 Å². The summed E-state index contributed by atoms with van der Waals surface area (Å²) in [5, 5.41) is 7.61. The fraction of sp³-hybridized carbons (Fsp3) is 0.216. The van der Waals surface area contributed by atoms with Gasteiger partial charge in [-0.1, -0.05) is 120 Å². The van der Waals surface area contributed by atoms with Gasteiger partial charge in [-0.3, -0.25) is 0 Å². The van der Waals surface area contributed by atoms with Gasteiger partial charge in [-0.2, -0.15) is 0 Å². The highest BCUT2D eigenvalue weighted by Crippen LogP contribution is 2.48. The lowest BCUT2D eigenvalue weighted by Gasteiger charge is -2.30. The van der Waals surface area contributed by atoms with Gasteiger partial charge in [-0.15, -0.1) is 0 Å². The summed E-state index contributed by atoms with van der Waals surface area (Å²) in [5.41, 5.74) is 13.6. The molecule has 0 radical (unpaired) electrons. The molecule has 0 heterocycles. The Bertz CT molecular complexity index is 2470. The zero-order valence-corrected chi connectivity index (χ0v) is 32.4. The Kier molecular flexibility index (Phi) is 8.95. The van der Waals surface area contributed by atoms with E-state index in [9.17, 15) is 0 Å². The Morgan fingerprint density at radius 2 is 0.660 bits per heavy atom. The number of benzene rings is 8. The van der Waals surface area contributed by atoms with E-state index in [1.807, 2.05) is 0 Å². The van der Waals surface area contributed by atoms with Gasteiger partial charge in [0.1, 0.15) is 0 Å². The summed E-state index contributed by atoms with van der Waals surface area (Å²) in [6.45, 7) is 17.9. The fourth-order valence-corrected chi connectivity index (χ4v) is 8.12. The molecule has 8 aromatic carbocycles. The molecule has 264 valence electrons. The van der Waals surface area contributed by atoms with E-state index in [2.05, 4.69) is 205 Å². The van der Waals surface area contributed by atoms with Crippen LogP contribution >= 0.6 is 0 Å². The molecule has 8 rings (SSSR count). The summed E-state index contributed by atoms with van der Waals surface area (Å²) in [4.78, 5) is 4.90. The minimum atomic E-state index is 0.475. The van der Waals surface area contributed by atoms with E-state index in [0.717, 1.165) is 17.1 Å². The third-order valence-corrected chi connectivity index (χ3v) is 11.0. The Morgan fingerprint density at radius 3 is 1.00 bits per heavy atom. The molecule has 53 heavy (non-hydrogen) atoms. The van der Waals surface area contributed by atoms with Crippen molar-refractivity contribution >= 4 is 66.4 Å². The first-order valence-corrected chi connectivity index (χ1v) is 19.3. The fourth-order valence-electron chi connectivity index (χ4n) is 8.12. The molecule has 2 heteroatoms. The van der Waals surface area contributed by atoms with Gasteiger partial charge in [0, 0.05) is 33.5 Å². The molecule has 0 N–H and O–H groups in total. The maximum atomic E-state index is 2.45. The second-order valence-electron chi connectivity index (χ2n) is 15.8. The van der Waals surface area contributed by atoms with Crippen LogP contribution in [0, 0.1) is 13.8 Å². The molecule has 0 unspecified atom stereocenters. The maximum absolute atomic E-state index is 2.45. The number of hydrogen-bond donors (Lipinski definition) is 0. The van der Waals surface area contributed by atoms with Crippen molar-refractivity contribution in [3.63, 3.8) is 0 Å². The third-order valence-electron chi connectivity index (χ3n) is 11.0. The van der Waals surface area contributed by atoms with Crippen LogP contribution in [0.5, 0.6) is 0 Å². The van der Waals surface area contributed by atoms with Crippen molar-refractivity contribution in [2.24, 2.45) is 0 Å². The Hall–Kier alpha value is -5.60. The summed E-state index contributed by atoms with van der Waals surface area (Å²) in [6.07, 6.45) is 0. The molecule has 0 fully saturated rings. The molecule has 0 saturated carbocycles. The van der Waals surface area contributed by atoms with Crippen LogP contribution in [0.15, 0.2) is 140 Å². The highest BCUT2D eigenvalue weighted by molar-refractivity contribution is 6.28. The van der Waals surface area contributed by atoms with E-state index in [1.54, 1.807) is 0 Å². The van der Waals surface area contributed by atoms with Crippen LogP contribution in [0.2, 0.25) is 0 Å². The van der Waals surface area contributed by atoms with Crippen molar-refractivity contribution < 1.29 is 0 Å². The van der Waals surface area contributed by atoms with Gasteiger partial charge in [-0.05, 0) is 142 Å². The smallest absolute Gasteiger partial charge is 0.0540 e. The minimum absolute atomic E-state index is 0.475. The SMILES string of the molecule is Cc1cc(C)cc(N(c2ccc(C(C)C)cc2)c2ccc3ccc4c(N(c5ccc(C(C)C)cc5)c5ccc(C(C)C)cc5)ccc5ccc2c3c54)c1. The molecule has 0 amide bonds. The summed E-state index contributed by atoms with van der Waals surface area (Å²) in [5.74, 6) is 1.43. The van der Waals surface area contributed by atoms with Crippen molar-refractivity contribution in [3.05, 3.63) is 167 Å². The van der Waals surface area contributed by atoms with Crippen LogP contribution in [-0.4, -0.2) is 0 Å². The van der Waals surface area contributed by atoms with Crippen molar-refractivity contribution in [3.8, 4) is 0 Å². The van der Waals surface area contributed by atoms with Crippen LogP contribution < -0.4 is 9.80 Å². The predicted octanol–water partition coefficient (Wildman–Crippen LogP) is 15.5. The number of nitrogens with zero attached hydrogens (tertiary/aromatic N) is 2. The summed E-state index contributed by atoms with van der Waals surface area (Å²) >= 11 is 0. The van der Waals surface area contributed by atoms with Gasteiger partial charge >= 0.3 is 0 Å². The first kappa shape index (κ1) is 34.5. The lowest BCUT2D eigenvalue weighted by Crippen LogP contribution is -2.12. The van der Waals surface area contributed by atoms with E-state index in [-0.39, 0.29) is 0 Å². The normalized spacial score (nSPS) is 11.9. The van der Waals surface area contributed by atoms with Crippen molar-refractivity contribution in [1.82, 2.24) is 0 Å². The lowest BCUT2D eigenvalue weighted by atomic mass is 9.91. The molecule has 0 aromatic heterocycles. The molecule has 0 bridgehead atoms. The standard InChI is InChI=1S/C51H50N2/c1-32(2)37-9-19-42(20-10-37)52(43-21-11-38(12-22-43)33(3)4)48-27-17-40-16-26-47-49(28-18-41-15-25-46(48)50(40)51(41)47)53(45-30-35(7)29-36(8)31-45)44-23-13-39(14-24-44)34(5)6/h9-34H,1-8H3. The highest BCUT2D eigenvalue weighted by atomic mass is 15.1. The van der Waals surface area contributed by atoms with Gasteiger partial charge in [-0.25, -0.2) is 0 Å². The molecule has 0 aliphatic carbocycles. The van der Waals surface area contributed by atoms with Crippen LogP contribution in [0.1, 0.15) is 87.1 Å². The minimum Gasteiger partial charge on any atom is -0.310 e. The highest BCUT2D eigenvalue weighted by Gasteiger charge is 2.22. The molecule has 0 saturated heterocycles. The van der Waals surface area contributed by atoms with Crippen LogP contribution in [-0.2, 0) is 0 Å². The molecule has 0 spiro atoms. The van der Waals surface area contributed by atoms with Gasteiger partial charge < -0.3 is 9.80 Å². The van der Waals surface area contributed by atoms with Crippen LogP contribution in [0.3, 0.4) is 0 Å². The lowest BCUT2D eigenvalue weighted by molar-refractivity contribution is 0.866. The van der Waals surface area contributed by atoms with E-state index in [4.69, 9.17) is 0 Å². The van der Waals surface area contributed by atoms with Crippen LogP contribution in [0.4, 0.5) is 34.1 Å². The first-order chi connectivity index (χ1) is 25.6. The number of anilines is 6. The quantitative estimate of drug-likeness (QED) is 0.139. The molecule has 8 aromatic rings. The molecule has 0 atom stereocenters. The Morgan fingerprint density at radius 1 is 0.340 bits per heavy atom. The van der Waals surface area contributed by atoms with E-state index in [0.29, 0.717) is 17.8 Å².